The molecule has 0 aromatic heterocycles. The highest BCUT2D eigenvalue weighted by molar-refractivity contribution is 5.86. The number of carbonyl (C=O) groups excluding carboxylic acids is 2. The van der Waals surface area contributed by atoms with Gasteiger partial charge in [-0.2, -0.15) is 0 Å². The number of fused-ring (bicyclic) bond motifs is 5. The largest absolute Gasteiger partial charge is 0.300 e. The van der Waals surface area contributed by atoms with Gasteiger partial charge in [0.15, 0.2) is 0 Å². The summed E-state index contributed by atoms with van der Waals surface area (Å²) in [5.41, 5.74) is 0.643. The zero-order valence-electron chi connectivity index (χ0n) is 14.4. The molecule has 0 radical (unpaired) electrons. The lowest BCUT2D eigenvalue weighted by molar-refractivity contribution is -0.158. The van der Waals surface area contributed by atoms with E-state index in [1.165, 1.54) is 25.7 Å². The van der Waals surface area contributed by atoms with Crippen LogP contribution in [0.25, 0.3) is 0 Å². The molecule has 0 bridgehead atoms. The first-order valence-electron chi connectivity index (χ1n) is 9.40. The number of carbonyl (C=O) groups is 2. The van der Waals surface area contributed by atoms with E-state index in [1.54, 1.807) is 0 Å². The monoisotopic (exact) mass is 302 g/mol. The molecule has 0 amide bonds. The Kier molecular flexibility index (Phi) is 3.17. The molecule has 4 fully saturated rings. The first-order valence-corrected chi connectivity index (χ1v) is 9.40. The van der Waals surface area contributed by atoms with E-state index in [4.69, 9.17) is 0 Å². The van der Waals surface area contributed by atoms with Crippen LogP contribution in [0.3, 0.4) is 0 Å². The summed E-state index contributed by atoms with van der Waals surface area (Å²) < 4.78 is 0. The van der Waals surface area contributed by atoms with Crippen LogP contribution < -0.4 is 0 Å². The molecule has 0 aromatic rings. The normalized spacial score (nSPS) is 54.6. The molecule has 0 aliphatic heterocycles. The molecule has 0 aromatic carbocycles. The SMILES string of the molecule is C[C@H]1CCC2C3C(=O)C[C@@H]4CC(=O)CC[C@]4(C)C3CCC21C. The summed E-state index contributed by atoms with van der Waals surface area (Å²) in [4.78, 5) is 24.9. The van der Waals surface area contributed by atoms with Crippen LogP contribution in [0.5, 0.6) is 0 Å². The molecule has 0 heterocycles. The molecule has 22 heavy (non-hydrogen) atoms. The Hall–Kier alpha value is -0.660. The number of hydrogen-bond donors (Lipinski definition) is 0. The maximum Gasteiger partial charge on any atom is 0.136 e. The van der Waals surface area contributed by atoms with E-state index < -0.39 is 0 Å². The minimum absolute atomic E-state index is 0.250. The van der Waals surface area contributed by atoms with E-state index in [0.717, 1.165) is 18.8 Å². The molecular formula is C20H30O2. The van der Waals surface area contributed by atoms with Crippen LogP contribution in [0, 0.1) is 40.4 Å². The third kappa shape index (κ3) is 1.79. The van der Waals surface area contributed by atoms with Gasteiger partial charge in [0.2, 0.25) is 0 Å². The van der Waals surface area contributed by atoms with Crippen molar-refractivity contribution < 1.29 is 9.59 Å². The van der Waals surface area contributed by atoms with Gasteiger partial charge < -0.3 is 0 Å². The van der Waals surface area contributed by atoms with Gasteiger partial charge in [-0.25, -0.2) is 0 Å². The topological polar surface area (TPSA) is 34.1 Å². The summed E-state index contributed by atoms with van der Waals surface area (Å²) in [6, 6.07) is 0. The summed E-state index contributed by atoms with van der Waals surface area (Å²) in [6.45, 7) is 7.27. The molecular weight excluding hydrogens is 272 g/mol. The molecule has 2 nitrogen and oxygen atoms in total. The van der Waals surface area contributed by atoms with Crippen LogP contribution in [0.4, 0.5) is 0 Å². The van der Waals surface area contributed by atoms with Gasteiger partial charge >= 0.3 is 0 Å². The van der Waals surface area contributed by atoms with Gasteiger partial charge in [0, 0.05) is 25.2 Å². The van der Waals surface area contributed by atoms with E-state index in [-0.39, 0.29) is 5.41 Å². The summed E-state index contributed by atoms with van der Waals surface area (Å²) >= 11 is 0. The maximum absolute atomic E-state index is 13.0. The minimum atomic E-state index is 0.250. The lowest BCUT2D eigenvalue weighted by Gasteiger charge is -2.59. The van der Waals surface area contributed by atoms with Gasteiger partial charge in [-0.05, 0) is 66.6 Å². The van der Waals surface area contributed by atoms with Crippen molar-refractivity contribution in [1.29, 1.82) is 0 Å². The Morgan fingerprint density at radius 2 is 1.64 bits per heavy atom. The van der Waals surface area contributed by atoms with E-state index in [9.17, 15) is 9.59 Å². The third-order valence-corrected chi connectivity index (χ3v) is 8.76. The summed E-state index contributed by atoms with van der Waals surface area (Å²) in [6.07, 6.45) is 8.21. The van der Waals surface area contributed by atoms with Crippen molar-refractivity contribution in [3.8, 4) is 0 Å². The van der Waals surface area contributed by atoms with Crippen LogP contribution >= 0.6 is 0 Å². The highest BCUT2D eigenvalue weighted by atomic mass is 16.1. The number of Topliss-reactive ketones (excluding diaryl/α,β-unsaturated/α-hetero) is 2. The molecule has 4 aliphatic carbocycles. The first kappa shape index (κ1) is 14.9. The van der Waals surface area contributed by atoms with Crippen LogP contribution in [0.15, 0.2) is 0 Å². The Balaban J connectivity index is 1.70. The molecule has 4 rings (SSSR count). The van der Waals surface area contributed by atoms with Gasteiger partial charge in [-0.3, -0.25) is 9.59 Å². The second-order valence-corrected chi connectivity index (χ2v) is 9.38. The number of hydrogen-bond acceptors (Lipinski definition) is 2. The fourth-order valence-electron chi connectivity index (χ4n) is 6.99. The lowest BCUT2D eigenvalue weighted by atomic mass is 9.44. The molecule has 2 heteroatoms. The van der Waals surface area contributed by atoms with Crippen LogP contribution in [0.1, 0.15) is 72.1 Å². The molecule has 7 atom stereocenters. The van der Waals surface area contributed by atoms with Crippen LogP contribution in [-0.2, 0) is 9.59 Å². The molecule has 0 spiro atoms. The fraction of sp³-hybridized carbons (Fsp3) is 0.900. The molecule has 0 N–H and O–H groups in total. The van der Waals surface area contributed by atoms with Crippen molar-refractivity contribution in [2.45, 2.75) is 72.1 Å². The second kappa shape index (κ2) is 4.68. The average Bonchev–Trinajstić information content (AvgIpc) is 2.77. The standard InChI is InChI=1S/C20H30O2/c1-12-4-5-15-18-16(7-9-19(12,15)2)20(3)8-6-14(21)10-13(20)11-17(18)22/h12-13,15-16,18H,4-11H2,1-3H3/t12-,13-,15?,16?,18?,19?,20-/m0/s1. The molecule has 122 valence electrons. The maximum atomic E-state index is 13.0. The minimum Gasteiger partial charge on any atom is -0.300 e. The van der Waals surface area contributed by atoms with Gasteiger partial charge in [0.05, 0.1) is 0 Å². The average molecular weight is 302 g/mol. The Labute approximate surface area is 134 Å². The van der Waals surface area contributed by atoms with Crippen LogP contribution in [-0.4, -0.2) is 11.6 Å². The van der Waals surface area contributed by atoms with E-state index in [0.29, 0.717) is 53.5 Å². The fourth-order valence-corrected chi connectivity index (χ4v) is 6.99. The van der Waals surface area contributed by atoms with Crippen molar-refractivity contribution in [3.05, 3.63) is 0 Å². The zero-order chi connectivity index (χ0) is 15.7. The summed E-state index contributed by atoms with van der Waals surface area (Å²) in [5, 5.41) is 0. The van der Waals surface area contributed by atoms with Crippen molar-refractivity contribution in [3.63, 3.8) is 0 Å². The van der Waals surface area contributed by atoms with Crippen molar-refractivity contribution in [1.82, 2.24) is 0 Å². The molecule has 0 saturated heterocycles. The Morgan fingerprint density at radius 3 is 2.41 bits per heavy atom. The van der Waals surface area contributed by atoms with Gasteiger partial charge in [0.25, 0.3) is 0 Å². The first-order chi connectivity index (χ1) is 10.4. The predicted octanol–water partition coefficient (Wildman–Crippen LogP) is 4.41. The van der Waals surface area contributed by atoms with Crippen LogP contribution in [0.2, 0.25) is 0 Å². The highest BCUT2D eigenvalue weighted by Gasteiger charge is 2.61. The smallest absolute Gasteiger partial charge is 0.136 e. The zero-order valence-corrected chi connectivity index (χ0v) is 14.4. The highest BCUT2D eigenvalue weighted by Crippen LogP contribution is 2.66. The van der Waals surface area contributed by atoms with Gasteiger partial charge in [-0.15, -0.1) is 0 Å². The lowest BCUT2D eigenvalue weighted by Crippen LogP contribution is -2.56. The molecule has 4 aliphatic rings. The second-order valence-electron chi connectivity index (χ2n) is 9.38. The van der Waals surface area contributed by atoms with Crippen molar-refractivity contribution >= 4 is 11.6 Å². The van der Waals surface area contributed by atoms with E-state index in [1.807, 2.05) is 0 Å². The summed E-state index contributed by atoms with van der Waals surface area (Å²) in [5.74, 6) is 3.48. The predicted molar refractivity (Wildman–Crippen MR) is 86.3 cm³/mol. The van der Waals surface area contributed by atoms with Gasteiger partial charge in [-0.1, -0.05) is 20.8 Å². The van der Waals surface area contributed by atoms with E-state index >= 15 is 0 Å². The van der Waals surface area contributed by atoms with E-state index in [2.05, 4.69) is 20.8 Å². The van der Waals surface area contributed by atoms with Crippen molar-refractivity contribution in [2.75, 3.05) is 0 Å². The number of rotatable bonds is 0. The Morgan fingerprint density at radius 1 is 0.909 bits per heavy atom. The Bertz CT molecular complexity index is 524. The molecule has 4 saturated carbocycles. The summed E-state index contributed by atoms with van der Waals surface area (Å²) in [7, 11) is 0. The number of ketones is 2. The van der Waals surface area contributed by atoms with Gasteiger partial charge in [0.1, 0.15) is 11.6 Å². The quantitative estimate of drug-likeness (QED) is 0.664. The molecule has 4 unspecified atom stereocenters. The third-order valence-electron chi connectivity index (χ3n) is 8.76. The van der Waals surface area contributed by atoms with Crippen molar-refractivity contribution in [2.24, 2.45) is 40.4 Å².